The Hall–Kier alpha value is -0.570. The van der Waals surface area contributed by atoms with E-state index in [4.69, 9.17) is 4.74 Å². The molecule has 2 nitrogen and oxygen atoms in total. The first-order valence-electron chi connectivity index (χ1n) is 17.5. The lowest BCUT2D eigenvalue weighted by atomic mass is 9.85. The zero-order valence-corrected chi connectivity index (χ0v) is 29.2. The molecule has 0 fully saturated rings. The Morgan fingerprint density at radius 1 is 0.625 bits per heavy atom. The van der Waals surface area contributed by atoms with Gasteiger partial charge in [0.25, 0.3) is 0 Å². The molecule has 40 heavy (non-hydrogen) atoms. The van der Waals surface area contributed by atoms with Crippen molar-refractivity contribution >= 4 is 21.9 Å². The Kier molecular flexibility index (Phi) is 29.5. The summed E-state index contributed by atoms with van der Waals surface area (Å²) in [5.41, 5.74) is 0. The Balaban J connectivity index is 5.16. The molecule has 0 N–H and O–H groups in total. The van der Waals surface area contributed by atoms with E-state index in [1.807, 2.05) is 0 Å². The lowest BCUT2D eigenvalue weighted by molar-refractivity contribution is -0.153. The number of hydrogen-bond donors (Lipinski definition) is 0. The van der Waals surface area contributed by atoms with Gasteiger partial charge in [0.2, 0.25) is 0 Å². The number of unbranched alkanes of at least 4 members (excludes halogenated alkanes) is 9. The van der Waals surface area contributed by atoms with Gasteiger partial charge >= 0.3 is 5.97 Å². The highest BCUT2D eigenvalue weighted by Gasteiger charge is 2.25. The van der Waals surface area contributed by atoms with E-state index in [0.717, 1.165) is 43.4 Å². The first kappa shape index (κ1) is 39.4. The van der Waals surface area contributed by atoms with E-state index < -0.39 is 0 Å². The lowest BCUT2D eigenvalue weighted by Crippen LogP contribution is -2.28. The average Bonchev–Trinajstić information content (AvgIpc) is 2.92. The Labute approximate surface area is 260 Å². The summed E-state index contributed by atoms with van der Waals surface area (Å²) in [4.78, 5) is 12.9. The van der Waals surface area contributed by atoms with Crippen LogP contribution in [0, 0.1) is 17.8 Å². The summed E-state index contributed by atoms with van der Waals surface area (Å²) >= 11 is 3.50. The predicted octanol–water partition coefficient (Wildman–Crippen LogP) is 12.9. The van der Waals surface area contributed by atoms with Gasteiger partial charge in [0.15, 0.2) is 0 Å². The summed E-state index contributed by atoms with van der Waals surface area (Å²) in [5.74, 6) is 1.98. The van der Waals surface area contributed by atoms with Crippen LogP contribution in [0.15, 0.2) is 24.3 Å². The van der Waals surface area contributed by atoms with Crippen LogP contribution in [0.5, 0.6) is 0 Å². The molecule has 2 unspecified atom stereocenters. The zero-order valence-electron chi connectivity index (χ0n) is 27.6. The molecule has 2 atom stereocenters. The number of alkyl halides is 1. The van der Waals surface area contributed by atoms with Crippen LogP contribution in [0.25, 0.3) is 0 Å². The number of carbonyl (C=O) groups excluding carboxylic acids is 1. The third kappa shape index (κ3) is 26.3. The van der Waals surface area contributed by atoms with E-state index in [9.17, 15) is 4.79 Å². The fraction of sp³-hybridized carbons (Fsp3) is 0.865. The quantitative estimate of drug-likeness (QED) is 0.0358. The first-order chi connectivity index (χ1) is 19.4. The molecule has 0 radical (unpaired) electrons. The van der Waals surface area contributed by atoms with Crippen molar-refractivity contribution in [3.63, 3.8) is 0 Å². The Morgan fingerprint density at radius 3 is 1.68 bits per heavy atom. The van der Waals surface area contributed by atoms with Crippen molar-refractivity contribution in [2.45, 2.75) is 182 Å². The molecular weight excluding hydrogens is 556 g/mol. The molecular formula is C37H69BrO2. The van der Waals surface area contributed by atoms with Gasteiger partial charge in [-0.15, -0.1) is 0 Å². The maximum Gasteiger partial charge on any atom is 0.306 e. The molecule has 0 aromatic rings. The number of rotatable bonds is 29. The smallest absolute Gasteiger partial charge is 0.306 e. The van der Waals surface area contributed by atoms with Crippen LogP contribution in [0.2, 0.25) is 0 Å². The van der Waals surface area contributed by atoms with E-state index in [-0.39, 0.29) is 12.1 Å². The van der Waals surface area contributed by atoms with Crippen molar-refractivity contribution in [2.24, 2.45) is 17.8 Å². The molecule has 236 valence electrons. The number of allylic oxidation sites excluding steroid dienone is 4. The fourth-order valence-electron chi connectivity index (χ4n) is 5.46. The first-order valence-corrected chi connectivity index (χ1v) is 18.6. The number of hydrogen-bond acceptors (Lipinski definition) is 2. The van der Waals surface area contributed by atoms with Gasteiger partial charge in [0.05, 0.1) is 0 Å². The topological polar surface area (TPSA) is 26.3 Å². The average molecular weight is 626 g/mol. The molecule has 0 aliphatic rings. The Morgan fingerprint density at radius 2 is 1.18 bits per heavy atom. The molecule has 0 aliphatic heterocycles. The molecule has 3 heteroatoms. The van der Waals surface area contributed by atoms with Gasteiger partial charge in [-0.05, 0) is 108 Å². The van der Waals surface area contributed by atoms with Gasteiger partial charge in [-0.2, -0.15) is 0 Å². The molecule has 0 aliphatic carbocycles. The maximum atomic E-state index is 12.9. The predicted molar refractivity (Wildman–Crippen MR) is 182 cm³/mol. The van der Waals surface area contributed by atoms with Gasteiger partial charge in [-0.3, -0.25) is 4.79 Å². The van der Waals surface area contributed by atoms with Crippen molar-refractivity contribution in [3.05, 3.63) is 24.3 Å². The van der Waals surface area contributed by atoms with E-state index >= 15 is 0 Å². The SMILES string of the molecule is CCCCC/C=C\CCCC(CCC/C=C\CCCCC)C(CCC(C)CCCC(C)C)OC(=O)CCCCBr. The normalized spacial score (nSPS) is 13.7. The highest BCUT2D eigenvalue weighted by atomic mass is 79.9. The van der Waals surface area contributed by atoms with Crippen LogP contribution in [-0.2, 0) is 9.53 Å². The minimum absolute atomic E-state index is 0.0232. The van der Waals surface area contributed by atoms with Crippen molar-refractivity contribution in [2.75, 3.05) is 5.33 Å². The van der Waals surface area contributed by atoms with Gasteiger partial charge < -0.3 is 4.74 Å². The Bertz CT molecular complexity index is 571. The second kappa shape index (κ2) is 29.9. The van der Waals surface area contributed by atoms with Gasteiger partial charge in [0, 0.05) is 11.8 Å². The zero-order chi connectivity index (χ0) is 29.7. The van der Waals surface area contributed by atoms with Gasteiger partial charge in [-0.1, -0.05) is 120 Å². The fourth-order valence-corrected chi connectivity index (χ4v) is 5.85. The molecule has 0 heterocycles. The van der Waals surface area contributed by atoms with Crippen molar-refractivity contribution in [3.8, 4) is 0 Å². The minimum Gasteiger partial charge on any atom is -0.462 e. The number of esters is 1. The largest absolute Gasteiger partial charge is 0.462 e. The molecule has 0 saturated carbocycles. The molecule has 0 aromatic carbocycles. The minimum atomic E-state index is 0.0232. The number of ether oxygens (including phenoxy) is 1. The second-order valence-corrected chi connectivity index (χ2v) is 13.5. The molecule has 0 bridgehead atoms. The molecule has 0 rings (SSSR count). The van der Waals surface area contributed by atoms with E-state index in [1.165, 1.54) is 103 Å². The highest BCUT2D eigenvalue weighted by molar-refractivity contribution is 9.09. The van der Waals surface area contributed by atoms with Crippen molar-refractivity contribution < 1.29 is 9.53 Å². The third-order valence-electron chi connectivity index (χ3n) is 8.17. The van der Waals surface area contributed by atoms with Gasteiger partial charge in [-0.25, -0.2) is 0 Å². The van der Waals surface area contributed by atoms with Crippen molar-refractivity contribution in [1.29, 1.82) is 0 Å². The van der Waals surface area contributed by atoms with Crippen LogP contribution < -0.4 is 0 Å². The van der Waals surface area contributed by atoms with Crippen LogP contribution in [-0.4, -0.2) is 17.4 Å². The van der Waals surface area contributed by atoms with E-state index in [2.05, 4.69) is 74.9 Å². The van der Waals surface area contributed by atoms with Crippen LogP contribution in [0.1, 0.15) is 176 Å². The molecule has 0 spiro atoms. The molecule has 0 amide bonds. The second-order valence-electron chi connectivity index (χ2n) is 12.7. The molecule has 0 saturated heterocycles. The highest BCUT2D eigenvalue weighted by Crippen LogP contribution is 2.29. The summed E-state index contributed by atoms with van der Waals surface area (Å²) in [6.45, 7) is 11.6. The van der Waals surface area contributed by atoms with Crippen LogP contribution >= 0.6 is 15.9 Å². The van der Waals surface area contributed by atoms with Crippen LogP contribution in [0.3, 0.4) is 0 Å². The summed E-state index contributed by atoms with van der Waals surface area (Å²) in [6, 6.07) is 0. The van der Waals surface area contributed by atoms with Gasteiger partial charge in [0.1, 0.15) is 6.10 Å². The third-order valence-corrected chi connectivity index (χ3v) is 8.73. The van der Waals surface area contributed by atoms with Crippen molar-refractivity contribution in [1.82, 2.24) is 0 Å². The van der Waals surface area contributed by atoms with Crippen LogP contribution in [0.4, 0.5) is 0 Å². The monoisotopic (exact) mass is 624 g/mol. The maximum absolute atomic E-state index is 12.9. The number of carbonyl (C=O) groups is 1. The number of halogens is 1. The summed E-state index contributed by atoms with van der Waals surface area (Å²) in [6.07, 6.45) is 35.6. The van der Waals surface area contributed by atoms with E-state index in [1.54, 1.807) is 0 Å². The summed E-state index contributed by atoms with van der Waals surface area (Å²) in [7, 11) is 0. The summed E-state index contributed by atoms with van der Waals surface area (Å²) < 4.78 is 6.31. The summed E-state index contributed by atoms with van der Waals surface area (Å²) in [5, 5.41) is 0.956. The molecule has 0 aromatic heterocycles. The standard InChI is InChI=1S/C37H69BrO2/c1-6-8-10-12-14-16-18-20-27-35(28-21-19-17-15-13-11-9-7-2)36(40-37(39)29-22-23-32-38)31-30-34(5)26-24-25-33(3)4/h14-17,33-36H,6-13,18-32H2,1-5H3/b16-14-,17-15-. The lowest BCUT2D eigenvalue weighted by Gasteiger charge is -2.28. The van der Waals surface area contributed by atoms with E-state index in [0.29, 0.717) is 18.3 Å².